The topological polar surface area (TPSA) is 52.7 Å². The van der Waals surface area contributed by atoms with Crippen molar-refractivity contribution in [1.82, 2.24) is 15.1 Å². The van der Waals surface area contributed by atoms with Crippen molar-refractivity contribution in [2.24, 2.45) is 0 Å². The summed E-state index contributed by atoms with van der Waals surface area (Å²) in [6.45, 7) is 3.66. The fraction of sp³-hybridized carbons (Fsp3) is 0.300. The van der Waals surface area contributed by atoms with Crippen LogP contribution in [0.3, 0.4) is 0 Å². The molecule has 0 unspecified atom stereocenters. The monoisotopic (exact) mass is 337 g/mol. The normalized spacial score (nSPS) is 15.0. The van der Waals surface area contributed by atoms with Gasteiger partial charge in [-0.2, -0.15) is 0 Å². The van der Waals surface area contributed by atoms with Gasteiger partial charge in [-0.3, -0.25) is 9.69 Å². The molecule has 1 fully saturated rings. The van der Waals surface area contributed by atoms with Gasteiger partial charge in [0.1, 0.15) is 0 Å². The molecule has 5 heteroatoms. The summed E-state index contributed by atoms with van der Waals surface area (Å²) in [6.07, 6.45) is 0. The van der Waals surface area contributed by atoms with Gasteiger partial charge in [0.25, 0.3) is 0 Å². The molecule has 1 N–H and O–H groups in total. The first kappa shape index (κ1) is 17.2. The Hall–Kier alpha value is -2.66. The maximum absolute atomic E-state index is 12.3. The van der Waals surface area contributed by atoms with E-state index >= 15 is 0 Å². The molecule has 0 aromatic heterocycles. The summed E-state index contributed by atoms with van der Waals surface area (Å²) in [5, 5.41) is 2.95. The summed E-state index contributed by atoms with van der Waals surface area (Å²) in [5.74, 6) is 0.127. The van der Waals surface area contributed by atoms with E-state index in [1.165, 1.54) is 0 Å². The molecule has 0 saturated carbocycles. The molecule has 1 aliphatic rings. The molecule has 25 heavy (non-hydrogen) atoms. The minimum atomic E-state index is -0.0436. The number of ketones is 1. The van der Waals surface area contributed by atoms with Gasteiger partial charge < -0.3 is 10.2 Å². The van der Waals surface area contributed by atoms with Crippen molar-refractivity contribution in [2.45, 2.75) is 6.54 Å². The van der Waals surface area contributed by atoms with E-state index in [9.17, 15) is 9.59 Å². The van der Waals surface area contributed by atoms with Crippen molar-refractivity contribution in [2.75, 3.05) is 32.7 Å². The lowest BCUT2D eigenvalue weighted by Crippen LogP contribution is -2.52. The first-order valence-electron chi connectivity index (χ1n) is 8.60. The molecule has 1 heterocycles. The Labute approximate surface area is 148 Å². The van der Waals surface area contributed by atoms with Gasteiger partial charge in [0.15, 0.2) is 5.78 Å². The number of piperazine rings is 1. The van der Waals surface area contributed by atoms with E-state index in [0.717, 1.165) is 24.2 Å². The van der Waals surface area contributed by atoms with Crippen LogP contribution >= 0.6 is 0 Å². The molecular weight excluding hydrogens is 314 g/mol. The van der Waals surface area contributed by atoms with E-state index in [1.54, 1.807) is 0 Å². The smallest absolute Gasteiger partial charge is 0.317 e. The molecule has 0 bridgehead atoms. The van der Waals surface area contributed by atoms with Crippen molar-refractivity contribution < 1.29 is 9.59 Å². The Balaban J connectivity index is 1.42. The van der Waals surface area contributed by atoms with Crippen LogP contribution < -0.4 is 5.32 Å². The van der Waals surface area contributed by atoms with Gasteiger partial charge in [-0.25, -0.2) is 4.79 Å². The molecule has 5 nitrogen and oxygen atoms in total. The summed E-state index contributed by atoms with van der Waals surface area (Å²) in [7, 11) is 0. The summed E-state index contributed by atoms with van der Waals surface area (Å²) < 4.78 is 0. The van der Waals surface area contributed by atoms with Gasteiger partial charge in [-0.1, -0.05) is 60.7 Å². The van der Waals surface area contributed by atoms with Crippen LogP contribution in [0.4, 0.5) is 4.79 Å². The average molecular weight is 337 g/mol. The highest BCUT2D eigenvalue weighted by atomic mass is 16.2. The molecule has 0 atom stereocenters. The van der Waals surface area contributed by atoms with Gasteiger partial charge >= 0.3 is 6.03 Å². The Morgan fingerprint density at radius 3 is 2.08 bits per heavy atom. The number of carbonyl (C=O) groups excluding carboxylic acids is 2. The zero-order chi connectivity index (χ0) is 17.5. The quantitative estimate of drug-likeness (QED) is 0.853. The number of rotatable bonds is 5. The lowest BCUT2D eigenvalue weighted by atomic mass is 10.1. The van der Waals surface area contributed by atoms with Crippen molar-refractivity contribution in [3.63, 3.8) is 0 Å². The van der Waals surface area contributed by atoms with Gasteiger partial charge in [-0.05, 0) is 5.56 Å². The zero-order valence-corrected chi connectivity index (χ0v) is 14.2. The number of benzene rings is 2. The molecule has 0 radical (unpaired) electrons. The lowest BCUT2D eigenvalue weighted by molar-refractivity contribution is 0.0878. The van der Waals surface area contributed by atoms with Crippen molar-refractivity contribution >= 4 is 11.8 Å². The third kappa shape index (κ3) is 4.90. The molecular formula is C20H23N3O2. The molecule has 2 aromatic carbocycles. The molecule has 2 aromatic rings. The number of nitrogens with zero attached hydrogens (tertiary/aromatic N) is 2. The standard InChI is InChI=1S/C20H23N3O2/c24-19(18-9-5-2-6-10-18)16-22-11-13-23(14-12-22)20(25)21-15-17-7-3-1-4-8-17/h1-10H,11-16H2,(H,21,25). The molecule has 3 rings (SSSR count). The van der Waals surface area contributed by atoms with Gasteiger partial charge in [0.05, 0.1) is 6.54 Å². The fourth-order valence-electron chi connectivity index (χ4n) is 2.91. The highest BCUT2D eigenvalue weighted by Crippen LogP contribution is 2.06. The zero-order valence-electron chi connectivity index (χ0n) is 14.2. The lowest BCUT2D eigenvalue weighted by Gasteiger charge is -2.34. The average Bonchev–Trinajstić information content (AvgIpc) is 2.68. The predicted octanol–water partition coefficient (Wildman–Crippen LogP) is 2.40. The maximum atomic E-state index is 12.3. The number of Topliss-reactive ketones (excluding diaryl/α,β-unsaturated/α-hetero) is 1. The van der Waals surface area contributed by atoms with Crippen LogP contribution in [0.15, 0.2) is 60.7 Å². The van der Waals surface area contributed by atoms with E-state index in [2.05, 4.69) is 10.2 Å². The fourth-order valence-corrected chi connectivity index (χ4v) is 2.91. The van der Waals surface area contributed by atoms with E-state index in [0.29, 0.717) is 26.2 Å². The SMILES string of the molecule is O=C(CN1CCN(C(=O)NCc2ccccc2)CC1)c1ccccc1. The number of carbonyl (C=O) groups is 2. The van der Waals surface area contributed by atoms with Crippen LogP contribution in [0.1, 0.15) is 15.9 Å². The molecule has 1 aliphatic heterocycles. The van der Waals surface area contributed by atoms with Crippen LogP contribution in [0.2, 0.25) is 0 Å². The second kappa shape index (κ2) is 8.44. The second-order valence-electron chi connectivity index (χ2n) is 6.20. The molecule has 1 saturated heterocycles. The van der Waals surface area contributed by atoms with Gasteiger partial charge in [0.2, 0.25) is 0 Å². The van der Waals surface area contributed by atoms with Crippen LogP contribution in [0, 0.1) is 0 Å². The Morgan fingerprint density at radius 1 is 0.840 bits per heavy atom. The van der Waals surface area contributed by atoms with Crippen molar-refractivity contribution in [3.8, 4) is 0 Å². The van der Waals surface area contributed by atoms with E-state index in [-0.39, 0.29) is 11.8 Å². The maximum Gasteiger partial charge on any atom is 0.317 e. The Bertz CT molecular complexity index is 695. The molecule has 0 aliphatic carbocycles. The number of amides is 2. The third-order valence-corrected chi connectivity index (χ3v) is 4.41. The molecule has 130 valence electrons. The summed E-state index contributed by atoms with van der Waals surface area (Å²) in [4.78, 5) is 28.4. The minimum Gasteiger partial charge on any atom is -0.334 e. The number of hydrogen-bond acceptors (Lipinski definition) is 3. The van der Waals surface area contributed by atoms with E-state index < -0.39 is 0 Å². The first-order chi connectivity index (χ1) is 12.2. The molecule has 2 amide bonds. The van der Waals surface area contributed by atoms with Gasteiger partial charge in [-0.15, -0.1) is 0 Å². The van der Waals surface area contributed by atoms with Crippen LogP contribution in [0.5, 0.6) is 0 Å². The highest BCUT2D eigenvalue weighted by molar-refractivity contribution is 5.97. The Kier molecular flexibility index (Phi) is 5.80. The van der Waals surface area contributed by atoms with Crippen LogP contribution in [-0.4, -0.2) is 54.3 Å². The predicted molar refractivity (Wildman–Crippen MR) is 97.5 cm³/mol. The largest absolute Gasteiger partial charge is 0.334 e. The van der Waals surface area contributed by atoms with Crippen LogP contribution in [-0.2, 0) is 6.54 Å². The first-order valence-corrected chi connectivity index (χ1v) is 8.60. The third-order valence-electron chi connectivity index (χ3n) is 4.41. The van der Waals surface area contributed by atoms with Crippen LogP contribution in [0.25, 0.3) is 0 Å². The highest BCUT2D eigenvalue weighted by Gasteiger charge is 2.22. The van der Waals surface area contributed by atoms with Crippen molar-refractivity contribution in [1.29, 1.82) is 0 Å². The number of urea groups is 1. The summed E-state index contributed by atoms with van der Waals surface area (Å²) in [5.41, 5.74) is 1.83. The molecule has 0 spiro atoms. The van der Waals surface area contributed by atoms with Gasteiger partial charge in [0, 0.05) is 38.3 Å². The number of hydrogen-bond donors (Lipinski definition) is 1. The summed E-state index contributed by atoms with van der Waals surface area (Å²) >= 11 is 0. The second-order valence-corrected chi connectivity index (χ2v) is 6.20. The number of nitrogens with one attached hydrogen (secondary N) is 1. The van der Waals surface area contributed by atoms with E-state index in [4.69, 9.17) is 0 Å². The van der Waals surface area contributed by atoms with E-state index in [1.807, 2.05) is 65.6 Å². The van der Waals surface area contributed by atoms with Crippen molar-refractivity contribution in [3.05, 3.63) is 71.8 Å². The minimum absolute atomic E-state index is 0.0436. The Morgan fingerprint density at radius 2 is 1.44 bits per heavy atom. The summed E-state index contributed by atoms with van der Waals surface area (Å²) in [6, 6.07) is 19.2.